The fraction of sp³-hybridized carbons (Fsp3) is 0.409. The van der Waals surface area contributed by atoms with Crippen LogP contribution in [0.4, 0.5) is 17.2 Å². The Labute approximate surface area is 199 Å². The number of aromatic nitrogens is 2. The van der Waals surface area contributed by atoms with Gasteiger partial charge in [0.1, 0.15) is 12.4 Å². The molecule has 3 N–H and O–H groups in total. The lowest BCUT2D eigenvalue weighted by molar-refractivity contribution is -0.384. The summed E-state index contributed by atoms with van der Waals surface area (Å²) < 4.78 is 1.16. The molecule has 0 saturated heterocycles. The van der Waals surface area contributed by atoms with Gasteiger partial charge in [-0.05, 0) is 18.4 Å². The van der Waals surface area contributed by atoms with Crippen LogP contribution in [-0.2, 0) is 11.3 Å². The van der Waals surface area contributed by atoms with E-state index in [4.69, 9.17) is 5.73 Å². The second kappa shape index (κ2) is 9.91. The number of unbranched alkanes of at least 4 members (excludes halogenated alkanes) is 1. The number of carbonyl (C=O) groups is 3. The number of fused-ring (bicyclic) bond motifs is 1. The van der Waals surface area contributed by atoms with Crippen LogP contribution >= 0.6 is 0 Å². The van der Waals surface area contributed by atoms with Gasteiger partial charge in [0.15, 0.2) is 5.69 Å². The Morgan fingerprint density at radius 3 is 2.43 bits per heavy atom. The summed E-state index contributed by atoms with van der Waals surface area (Å²) in [5.41, 5.74) is 3.73. The van der Waals surface area contributed by atoms with Crippen LogP contribution in [0.5, 0.6) is 0 Å². The molecule has 1 aliphatic heterocycles. The zero-order valence-corrected chi connectivity index (χ0v) is 19.6. The summed E-state index contributed by atoms with van der Waals surface area (Å²) >= 11 is 0. The van der Waals surface area contributed by atoms with Crippen molar-refractivity contribution in [3.8, 4) is 0 Å². The molecule has 1 aromatic carbocycles. The monoisotopic (exact) mass is 486 g/mol. The highest BCUT2D eigenvalue weighted by atomic mass is 16.6. The molecule has 0 bridgehead atoms. The van der Waals surface area contributed by atoms with Gasteiger partial charge >= 0.3 is 5.69 Å². The molecule has 3 amide bonds. The number of non-ortho nitro benzene ring substituents is 1. The summed E-state index contributed by atoms with van der Waals surface area (Å²) in [7, 11) is 0. The van der Waals surface area contributed by atoms with Crippen LogP contribution in [0.1, 0.15) is 54.3 Å². The molecule has 3 rings (SSSR count). The van der Waals surface area contributed by atoms with Crippen molar-refractivity contribution >= 4 is 34.9 Å². The highest BCUT2D eigenvalue weighted by Gasteiger charge is 2.39. The zero-order valence-electron chi connectivity index (χ0n) is 19.6. The van der Waals surface area contributed by atoms with Crippen molar-refractivity contribution in [2.75, 3.05) is 23.7 Å². The molecule has 35 heavy (non-hydrogen) atoms. The van der Waals surface area contributed by atoms with Crippen molar-refractivity contribution in [3.05, 3.63) is 60.3 Å². The zero-order chi connectivity index (χ0) is 26.0. The number of nitro benzene ring substituents is 1. The maximum atomic E-state index is 13.3. The molecule has 1 aromatic heterocycles. The van der Waals surface area contributed by atoms with Gasteiger partial charge in [-0.3, -0.25) is 43.7 Å². The van der Waals surface area contributed by atoms with Crippen LogP contribution in [0.15, 0.2) is 27.8 Å². The van der Waals surface area contributed by atoms with Crippen LogP contribution in [0.2, 0.25) is 0 Å². The molecule has 13 nitrogen and oxygen atoms in total. The van der Waals surface area contributed by atoms with Gasteiger partial charge in [0, 0.05) is 25.2 Å². The first-order valence-corrected chi connectivity index (χ1v) is 11.1. The molecule has 0 atom stereocenters. The Kier molecular flexibility index (Phi) is 7.17. The predicted molar refractivity (Wildman–Crippen MR) is 126 cm³/mol. The van der Waals surface area contributed by atoms with Crippen molar-refractivity contribution in [2.24, 2.45) is 5.92 Å². The summed E-state index contributed by atoms with van der Waals surface area (Å²) in [6.07, 6.45) is 1.13. The third kappa shape index (κ3) is 4.83. The molecule has 0 spiro atoms. The van der Waals surface area contributed by atoms with Gasteiger partial charge in [0.05, 0.1) is 16.1 Å². The first-order chi connectivity index (χ1) is 16.5. The lowest BCUT2D eigenvalue weighted by atomic mass is 10.1. The van der Waals surface area contributed by atoms with Gasteiger partial charge in [-0.25, -0.2) is 4.79 Å². The summed E-state index contributed by atoms with van der Waals surface area (Å²) in [4.78, 5) is 78.2. The number of nitrogen functional groups attached to an aromatic ring is 1. The standard InChI is InChI=1S/C22H26N6O7/c1-4-5-8-25(17-18(23)26(10-12(2)3)22(33)24-19(17)30)16(29)11-27-20(31)14-7-6-13(28(34)35)9-15(14)21(27)32/h6-7,9,12H,4-5,8,10-11,23H2,1-3H3,(H,24,30,33). The van der Waals surface area contributed by atoms with E-state index >= 15 is 0 Å². The number of amides is 3. The normalized spacial score (nSPS) is 12.9. The Balaban J connectivity index is 1.99. The molecular weight excluding hydrogens is 460 g/mol. The van der Waals surface area contributed by atoms with Crippen LogP contribution in [0.3, 0.4) is 0 Å². The van der Waals surface area contributed by atoms with E-state index < -0.39 is 40.4 Å². The number of hydrogen-bond donors (Lipinski definition) is 2. The van der Waals surface area contributed by atoms with E-state index in [2.05, 4.69) is 4.98 Å². The molecule has 13 heteroatoms. The number of nitrogens with one attached hydrogen (secondary N) is 1. The third-order valence-electron chi connectivity index (χ3n) is 5.53. The number of benzene rings is 1. The van der Waals surface area contributed by atoms with Gasteiger partial charge in [-0.15, -0.1) is 0 Å². The lowest BCUT2D eigenvalue weighted by Gasteiger charge is -2.26. The summed E-state index contributed by atoms with van der Waals surface area (Å²) in [5, 5.41) is 11.0. The van der Waals surface area contributed by atoms with Gasteiger partial charge in [0.25, 0.3) is 23.1 Å². The van der Waals surface area contributed by atoms with E-state index in [0.717, 1.165) is 27.7 Å². The molecule has 2 aromatic rings. The van der Waals surface area contributed by atoms with Crippen molar-refractivity contribution in [1.29, 1.82) is 0 Å². The molecule has 0 saturated carbocycles. The summed E-state index contributed by atoms with van der Waals surface area (Å²) in [6.45, 7) is 5.10. The molecular formula is C22H26N6O7. The van der Waals surface area contributed by atoms with E-state index in [1.807, 2.05) is 20.8 Å². The SMILES string of the molecule is CCCCN(C(=O)CN1C(=O)c2ccc([N+](=O)[O-])cc2C1=O)c1c(N)n(CC(C)C)c(=O)[nH]c1=O. The Bertz CT molecular complexity index is 1330. The maximum absolute atomic E-state index is 13.3. The van der Waals surface area contributed by atoms with Crippen molar-refractivity contribution in [2.45, 2.75) is 40.2 Å². The summed E-state index contributed by atoms with van der Waals surface area (Å²) in [5.74, 6) is -2.60. The Hall–Kier alpha value is -4.29. The second-order valence-corrected chi connectivity index (χ2v) is 8.58. The van der Waals surface area contributed by atoms with Crippen LogP contribution in [0, 0.1) is 16.0 Å². The molecule has 0 radical (unpaired) electrons. The number of hydrogen-bond acceptors (Lipinski definition) is 8. The smallest absolute Gasteiger partial charge is 0.330 e. The first-order valence-electron chi connectivity index (χ1n) is 11.1. The second-order valence-electron chi connectivity index (χ2n) is 8.58. The first kappa shape index (κ1) is 25.3. The molecule has 1 aliphatic rings. The van der Waals surface area contributed by atoms with Gasteiger partial charge in [-0.2, -0.15) is 0 Å². The van der Waals surface area contributed by atoms with E-state index in [-0.39, 0.29) is 47.3 Å². The van der Waals surface area contributed by atoms with Crippen LogP contribution in [0.25, 0.3) is 0 Å². The highest BCUT2D eigenvalue weighted by Crippen LogP contribution is 2.27. The van der Waals surface area contributed by atoms with Crippen molar-refractivity contribution in [3.63, 3.8) is 0 Å². The third-order valence-corrected chi connectivity index (χ3v) is 5.53. The molecule has 2 heterocycles. The maximum Gasteiger partial charge on any atom is 0.330 e. The Morgan fingerprint density at radius 1 is 1.17 bits per heavy atom. The van der Waals surface area contributed by atoms with Crippen LogP contribution in [-0.4, -0.2) is 50.2 Å². The average Bonchev–Trinajstić information content (AvgIpc) is 3.02. The van der Waals surface area contributed by atoms with Crippen molar-refractivity contribution < 1.29 is 19.3 Å². The minimum absolute atomic E-state index is 0.0101. The number of rotatable bonds is 9. The van der Waals surface area contributed by atoms with Gasteiger partial charge in [0.2, 0.25) is 5.91 Å². The van der Waals surface area contributed by atoms with Gasteiger partial charge < -0.3 is 10.6 Å². The number of carbonyl (C=O) groups excluding carboxylic acids is 3. The predicted octanol–water partition coefficient (Wildman–Crippen LogP) is 1.11. The number of imide groups is 1. The minimum atomic E-state index is -0.866. The highest BCUT2D eigenvalue weighted by molar-refractivity contribution is 6.23. The fourth-order valence-electron chi connectivity index (χ4n) is 3.82. The number of anilines is 2. The number of nitrogens with zero attached hydrogens (tertiary/aromatic N) is 4. The molecule has 0 fully saturated rings. The fourth-order valence-corrected chi connectivity index (χ4v) is 3.82. The van der Waals surface area contributed by atoms with Gasteiger partial charge in [-0.1, -0.05) is 27.2 Å². The van der Waals surface area contributed by atoms with Crippen LogP contribution < -0.4 is 21.9 Å². The number of H-pyrrole nitrogens is 1. The summed E-state index contributed by atoms with van der Waals surface area (Å²) in [6, 6.07) is 3.25. The van der Waals surface area contributed by atoms with E-state index in [0.29, 0.717) is 17.7 Å². The lowest BCUT2D eigenvalue weighted by Crippen LogP contribution is -2.47. The van der Waals surface area contributed by atoms with Crippen molar-refractivity contribution in [1.82, 2.24) is 14.5 Å². The number of nitro groups is 1. The topological polar surface area (TPSA) is 182 Å². The largest absolute Gasteiger partial charge is 0.383 e. The van der Waals surface area contributed by atoms with E-state index in [1.165, 1.54) is 0 Å². The number of nitrogens with two attached hydrogens (primary N) is 1. The average molecular weight is 486 g/mol. The molecule has 186 valence electrons. The number of aromatic amines is 1. The minimum Gasteiger partial charge on any atom is -0.383 e. The Morgan fingerprint density at radius 2 is 1.83 bits per heavy atom. The van der Waals surface area contributed by atoms with E-state index in [9.17, 15) is 34.1 Å². The quantitative estimate of drug-likeness (QED) is 0.300. The van der Waals surface area contributed by atoms with E-state index in [1.54, 1.807) is 0 Å². The molecule has 0 aliphatic carbocycles. The molecule has 0 unspecified atom stereocenters.